The molecule has 2 aromatic rings. The van der Waals surface area contributed by atoms with Crippen LogP contribution in [-0.4, -0.2) is 27.5 Å². The van der Waals surface area contributed by atoms with Crippen LogP contribution in [0.2, 0.25) is 5.28 Å². The topological polar surface area (TPSA) is 63.1 Å². The van der Waals surface area contributed by atoms with E-state index in [2.05, 4.69) is 59.7 Å². The Morgan fingerprint density at radius 1 is 1.32 bits per heavy atom. The summed E-state index contributed by atoms with van der Waals surface area (Å²) in [4.78, 5) is 12.5. The van der Waals surface area contributed by atoms with Crippen LogP contribution in [0.25, 0.3) is 0 Å². The molecule has 0 aliphatic carbocycles. The van der Waals surface area contributed by atoms with Gasteiger partial charge in [-0.15, -0.1) is 0 Å². The summed E-state index contributed by atoms with van der Waals surface area (Å²) in [6.07, 6.45) is 5.88. The van der Waals surface area contributed by atoms with Crippen LogP contribution in [0.3, 0.4) is 0 Å². The van der Waals surface area contributed by atoms with Gasteiger partial charge in [0.2, 0.25) is 5.28 Å². The zero-order valence-electron chi connectivity index (χ0n) is 10.4. The Morgan fingerprint density at radius 3 is 2.84 bits per heavy atom. The molecule has 2 rings (SSSR count). The van der Waals surface area contributed by atoms with Crippen LogP contribution in [0.5, 0.6) is 0 Å². The second-order valence-corrected chi connectivity index (χ2v) is 7.52. The monoisotopic (exact) mass is 409 g/mol. The molecule has 19 heavy (non-hydrogen) atoms. The molecule has 0 saturated carbocycles. The van der Waals surface area contributed by atoms with Crippen molar-refractivity contribution in [2.75, 3.05) is 17.8 Å². The van der Waals surface area contributed by atoms with Crippen molar-refractivity contribution in [2.24, 2.45) is 4.36 Å². The average molecular weight is 410 g/mol. The van der Waals surface area contributed by atoms with E-state index < -0.39 is 10.7 Å². The molecule has 0 amide bonds. The van der Waals surface area contributed by atoms with Gasteiger partial charge in [-0.05, 0) is 58.8 Å². The maximum atomic E-state index is 5.78. The van der Waals surface area contributed by atoms with Crippen LogP contribution in [0, 0.1) is 3.57 Å². The normalized spacial score (nSPS) is 11.1. The van der Waals surface area contributed by atoms with Crippen LogP contribution in [0.15, 0.2) is 28.8 Å². The van der Waals surface area contributed by atoms with Crippen LogP contribution in [0.4, 0.5) is 17.5 Å². The zero-order chi connectivity index (χ0) is 13.8. The first kappa shape index (κ1) is 14.6. The minimum absolute atomic E-state index is 0.205. The molecular weight excluding hydrogens is 397 g/mol. The van der Waals surface area contributed by atoms with Crippen molar-refractivity contribution in [2.45, 2.75) is 0 Å². The molecule has 0 fully saturated rings. The second kappa shape index (κ2) is 6.58. The highest BCUT2D eigenvalue weighted by molar-refractivity contribution is 14.1. The summed E-state index contributed by atoms with van der Waals surface area (Å²) in [6, 6.07) is 5.66. The average Bonchev–Trinajstić information content (AvgIpc) is 2.33. The first-order chi connectivity index (χ1) is 9.04. The molecule has 0 atom stereocenters. The predicted octanol–water partition coefficient (Wildman–Crippen LogP) is 3.03. The third-order valence-corrected chi connectivity index (χ3v) is 3.68. The van der Waals surface area contributed by atoms with E-state index in [0.29, 0.717) is 11.6 Å². The Morgan fingerprint density at radius 2 is 2.11 bits per heavy atom. The van der Waals surface area contributed by atoms with E-state index in [4.69, 9.17) is 11.6 Å². The fraction of sp³-hybridized carbons (Fsp3) is 0.182. The van der Waals surface area contributed by atoms with Crippen molar-refractivity contribution in [1.82, 2.24) is 15.0 Å². The molecule has 1 N–H and O–H groups in total. The largest absolute Gasteiger partial charge is 0.324 e. The highest BCUT2D eigenvalue weighted by Crippen LogP contribution is 2.21. The van der Waals surface area contributed by atoms with E-state index in [-0.39, 0.29) is 5.28 Å². The second-order valence-electron chi connectivity index (χ2n) is 3.90. The number of nitrogens with one attached hydrogen (secondary N) is 1. The lowest BCUT2D eigenvalue weighted by Gasteiger charge is -2.07. The Hall–Kier alpha value is -0.800. The number of pyridine rings is 1. The number of anilines is 2. The molecule has 0 aliphatic heterocycles. The predicted molar refractivity (Wildman–Crippen MR) is 91.4 cm³/mol. The lowest BCUT2D eigenvalue weighted by molar-refractivity contribution is 1.14. The number of hydrogen-bond acceptors (Lipinski definition) is 5. The van der Waals surface area contributed by atoms with Gasteiger partial charge in [0, 0.05) is 6.20 Å². The van der Waals surface area contributed by atoms with Crippen molar-refractivity contribution in [3.05, 3.63) is 33.2 Å². The van der Waals surface area contributed by atoms with E-state index in [1.807, 2.05) is 18.2 Å². The van der Waals surface area contributed by atoms with Gasteiger partial charge in [0.05, 0.1) is 3.57 Å². The van der Waals surface area contributed by atoms with Crippen molar-refractivity contribution >= 4 is 62.3 Å². The van der Waals surface area contributed by atoms with Crippen molar-refractivity contribution in [3.63, 3.8) is 0 Å². The fourth-order valence-corrected chi connectivity index (χ4v) is 2.45. The van der Waals surface area contributed by atoms with E-state index in [9.17, 15) is 0 Å². The van der Waals surface area contributed by atoms with Crippen molar-refractivity contribution in [1.29, 1.82) is 0 Å². The Balaban J connectivity index is 2.28. The van der Waals surface area contributed by atoms with Crippen LogP contribution in [-0.2, 0) is 10.7 Å². The molecule has 0 bridgehead atoms. The molecule has 8 heteroatoms. The summed E-state index contributed by atoms with van der Waals surface area (Å²) in [7, 11) is -0.704. The molecule has 2 aromatic heterocycles. The van der Waals surface area contributed by atoms with Gasteiger partial charge in [0.25, 0.3) is 0 Å². The summed E-state index contributed by atoms with van der Waals surface area (Å²) in [5.41, 5.74) is 0. The van der Waals surface area contributed by atoms with E-state index in [1.54, 1.807) is 6.20 Å². The van der Waals surface area contributed by atoms with E-state index in [0.717, 1.165) is 9.39 Å². The van der Waals surface area contributed by atoms with Crippen LogP contribution < -0.4 is 5.32 Å². The van der Waals surface area contributed by atoms with Crippen molar-refractivity contribution < 1.29 is 0 Å². The summed E-state index contributed by atoms with van der Waals surface area (Å²) < 4.78 is 5.37. The Labute approximate surface area is 132 Å². The first-order valence-electron chi connectivity index (χ1n) is 5.48. The standard InChI is InChI=1S/C11H13ClIN5S/c1-19(2)18-9-5-3-4-8(15-9)16-10-7(13)6-14-11(12)17-10/h3-6H,19H2,1-2H3,(H,14,15,16,17). The molecule has 0 spiro atoms. The van der Waals surface area contributed by atoms with Crippen LogP contribution >= 0.6 is 34.2 Å². The van der Waals surface area contributed by atoms with Gasteiger partial charge in [-0.25, -0.2) is 25.0 Å². The van der Waals surface area contributed by atoms with Gasteiger partial charge < -0.3 is 5.32 Å². The molecule has 102 valence electrons. The fourth-order valence-electron chi connectivity index (χ4n) is 1.34. The quantitative estimate of drug-likeness (QED) is 0.625. The van der Waals surface area contributed by atoms with E-state index >= 15 is 0 Å². The maximum Gasteiger partial charge on any atom is 0.224 e. The first-order valence-corrected chi connectivity index (χ1v) is 9.39. The van der Waals surface area contributed by atoms with Gasteiger partial charge in [0.1, 0.15) is 11.6 Å². The highest BCUT2D eigenvalue weighted by atomic mass is 127. The highest BCUT2D eigenvalue weighted by Gasteiger charge is 2.05. The molecule has 0 unspecified atom stereocenters. The number of aromatic nitrogens is 3. The Bertz CT molecular complexity index is 630. The maximum absolute atomic E-state index is 5.78. The third kappa shape index (κ3) is 4.36. The van der Waals surface area contributed by atoms with Gasteiger partial charge in [-0.2, -0.15) is 4.98 Å². The molecule has 0 radical (unpaired) electrons. The minimum atomic E-state index is -0.704. The molecule has 0 aliphatic rings. The summed E-state index contributed by atoms with van der Waals surface area (Å²) in [5, 5.41) is 3.33. The van der Waals surface area contributed by atoms with E-state index in [1.165, 1.54) is 0 Å². The van der Waals surface area contributed by atoms with Gasteiger partial charge >= 0.3 is 0 Å². The lowest BCUT2D eigenvalue weighted by atomic mass is 10.4. The Kier molecular flexibility index (Phi) is 5.06. The zero-order valence-corrected chi connectivity index (χ0v) is 14.3. The smallest absolute Gasteiger partial charge is 0.224 e. The third-order valence-electron chi connectivity index (χ3n) is 2.03. The molecule has 2 heterocycles. The number of hydrogen-bond donors (Lipinski definition) is 1. The molecule has 5 nitrogen and oxygen atoms in total. The number of rotatable bonds is 3. The van der Waals surface area contributed by atoms with Gasteiger partial charge in [-0.1, -0.05) is 6.07 Å². The molecular formula is C11H13ClIN5S. The molecule has 0 saturated heterocycles. The van der Waals surface area contributed by atoms with Gasteiger partial charge in [-0.3, -0.25) is 0 Å². The number of halogens is 2. The van der Waals surface area contributed by atoms with Crippen molar-refractivity contribution in [3.8, 4) is 0 Å². The van der Waals surface area contributed by atoms with Gasteiger partial charge in [0.15, 0.2) is 5.82 Å². The summed E-state index contributed by atoms with van der Waals surface area (Å²) in [6.45, 7) is 0. The summed E-state index contributed by atoms with van der Waals surface area (Å²) in [5.74, 6) is 2.07. The SMILES string of the molecule is C[SH2](C)=Nc1cccc(Nc2nc(Cl)ncc2I)n1. The minimum Gasteiger partial charge on any atom is -0.324 e. The number of nitrogens with zero attached hydrogens (tertiary/aromatic N) is 4. The lowest BCUT2D eigenvalue weighted by Crippen LogP contribution is -1.99. The van der Waals surface area contributed by atoms with Crippen LogP contribution in [0.1, 0.15) is 0 Å². The molecule has 0 aromatic carbocycles. The summed E-state index contributed by atoms with van der Waals surface area (Å²) >= 11 is 7.92.